The van der Waals surface area contributed by atoms with Gasteiger partial charge in [-0.2, -0.15) is 0 Å². The summed E-state index contributed by atoms with van der Waals surface area (Å²) in [4.78, 5) is 72.4. The zero-order valence-electron chi connectivity index (χ0n) is 36.4. The molecule has 16 nitrogen and oxygen atoms in total. The molecule has 0 aromatic heterocycles. The van der Waals surface area contributed by atoms with Gasteiger partial charge in [0.2, 0.25) is 5.79 Å². The fourth-order valence-corrected chi connectivity index (χ4v) is 7.11. The summed E-state index contributed by atoms with van der Waals surface area (Å²) in [5, 5.41) is 47.1. The molecule has 4 aromatic rings. The van der Waals surface area contributed by atoms with E-state index in [1.165, 1.54) is 74.9 Å². The summed E-state index contributed by atoms with van der Waals surface area (Å²) in [5.41, 5.74) is 0.0563. The summed E-state index contributed by atoms with van der Waals surface area (Å²) in [6.45, 7) is 0.669. The molecule has 0 bridgehead atoms. The van der Waals surface area contributed by atoms with Crippen LogP contribution in [0.1, 0.15) is 80.0 Å². The first-order chi connectivity index (χ1) is 31.1. The number of carbonyl (C=O) groups excluding carboxylic acids is 4. The van der Waals surface area contributed by atoms with Gasteiger partial charge in [-0.05, 0) is 110 Å². The highest BCUT2D eigenvalue weighted by Crippen LogP contribution is 2.43. The van der Waals surface area contributed by atoms with Crippen molar-refractivity contribution < 1.29 is 58.2 Å². The number of aliphatic hydroxyl groups is 2. The second kappa shape index (κ2) is 25.3. The molecule has 0 saturated heterocycles. The van der Waals surface area contributed by atoms with Gasteiger partial charge in [0.25, 0.3) is 11.4 Å². The maximum atomic E-state index is 14.0. The third-order valence-electron chi connectivity index (χ3n) is 10.7. The minimum atomic E-state index is -3.08. The van der Waals surface area contributed by atoms with E-state index in [4.69, 9.17) is 9.47 Å². The fourth-order valence-electron chi connectivity index (χ4n) is 7.11. The topological polar surface area (TPSA) is 232 Å². The van der Waals surface area contributed by atoms with Crippen molar-refractivity contribution in [3.63, 3.8) is 0 Å². The van der Waals surface area contributed by atoms with E-state index in [1.54, 1.807) is 60.7 Å². The Hall–Kier alpha value is -7.04. The molecule has 65 heavy (non-hydrogen) atoms. The highest BCUT2D eigenvalue weighted by Gasteiger charge is 2.54. The lowest BCUT2D eigenvalue weighted by molar-refractivity contribution is -0.385. The van der Waals surface area contributed by atoms with E-state index >= 15 is 0 Å². The van der Waals surface area contributed by atoms with Crippen LogP contribution in [0.2, 0.25) is 0 Å². The van der Waals surface area contributed by atoms with Gasteiger partial charge in [0, 0.05) is 61.1 Å². The summed E-state index contributed by atoms with van der Waals surface area (Å²) >= 11 is 0. The summed E-state index contributed by atoms with van der Waals surface area (Å²) in [6, 6.07) is 24.9. The summed E-state index contributed by atoms with van der Waals surface area (Å²) in [5.74, 6) is -4.08. The number of carbonyl (C=O) groups is 4. The molecule has 0 saturated carbocycles. The Balaban J connectivity index is 1.45. The summed E-state index contributed by atoms with van der Waals surface area (Å²) < 4.78 is 20.8. The first-order valence-electron chi connectivity index (χ1n) is 21.1. The number of hydrogen-bond donors (Lipinski definition) is 2. The lowest BCUT2D eigenvalue weighted by Crippen LogP contribution is -2.57. The van der Waals surface area contributed by atoms with Crippen molar-refractivity contribution in [3.05, 3.63) is 152 Å². The Morgan fingerprint density at radius 3 is 1.35 bits per heavy atom. The molecule has 0 aliphatic carbocycles. The van der Waals surface area contributed by atoms with Crippen LogP contribution in [-0.2, 0) is 41.5 Å². The molecule has 4 aromatic carbocycles. The van der Waals surface area contributed by atoms with Crippen molar-refractivity contribution in [1.29, 1.82) is 0 Å². The Bertz CT molecular complexity index is 2210. The molecular weight excluding hydrogens is 841 g/mol. The van der Waals surface area contributed by atoms with Crippen molar-refractivity contribution in [2.75, 3.05) is 27.4 Å². The van der Waals surface area contributed by atoms with E-state index in [1.807, 2.05) is 0 Å². The van der Waals surface area contributed by atoms with E-state index in [-0.39, 0.29) is 49.3 Å². The first kappa shape index (κ1) is 50.6. The quantitative estimate of drug-likeness (QED) is 0.0137. The SMILES string of the molecule is COC(=O)/C=C/c1ccc(OCCCCCC(=O)CC(Cc2ccc([N+](=O)[O-])cc2)(Cc2ccc([N+](=O)[O-])cc2)C(O)(O)C(=O)CCCCCOc2ccc(/C=C/C(=O)OC)cc2)cc1. The highest BCUT2D eigenvalue weighted by molar-refractivity contribution is 5.89. The van der Waals surface area contributed by atoms with Crippen LogP contribution in [0, 0.1) is 25.6 Å². The molecule has 0 spiro atoms. The second-order valence-electron chi connectivity index (χ2n) is 15.5. The van der Waals surface area contributed by atoms with Gasteiger partial charge in [0.1, 0.15) is 17.3 Å². The maximum absolute atomic E-state index is 14.0. The smallest absolute Gasteiger partial charge is 0.330 e. The number of benzene rings is 4. The molecule has 0 aliphatic heterocycles. The number of rotatable bonds is 28. The molecule has 4 rings (SSSR count). The van der Waals surface area contributed by atoms with Crippen molar-refractivity contribution in [2.45, 2.75) is 76.4 Å². The van der Waals surface area contributed by atoms with Gasteiger partial charge in [-0.1, -0.05) is 48.5 Å². The van der Waals surface area contributed by atoms with Gasteiger partial charge in [-0.15, -0.1) is 0 Å². The van der Waals surface area contributed by atoms with Gasteiger partial charge < -0.3 is 29.2 Å². The number of ketones is 2. The van der Waals surface area contributed by atoms with Crippen LogP contribution in [0.4, 0.5) is 11.4 Å². The van der Waals surface area contributed by atoms with Crippen molar-refractivity contribution in [1.82, 2.24) is 0 Å². The van der Waals surface area contributed by atoms with Crippen LogP contribution >= 0.6 is 0 Å². The van der Waals surface area contributed by atoms with E-state index < -0.39 is 45.2 Å². The van der Waals surface area contributed by atoms with Gasteiger partial charge in [-0.3, -0.25) is 29.8 Å². The average Bonchev–Trinajstić information content (AvgIpc) is 3.30. The Kier molecular flexibility index (Phi) is 19.7. The van der Waals surface area contributed by atoms with Crippen LogP contribution in [-0.4, -0.2) is 76.8 Å². The maximum Gasteiger partial charge on any atom is 0.330 e. The number of hydrogen-bond acceptors (Lipinski definition) is 14. The fraction of sp³-hybridized carbons (Fsp3) is 0.347. The number of esters is 2. The Labute approximate surface area is 376 Å². The number of Topliss-reactive ketones (excluding diaryl/α,β-unsaturated/α-hetero) is 2. The molecule has 0 aliphatic rings. The van der Waals surface area contributed by atoms with Gasteiger partial charge >= 0.3 is 11.9 Å². The number of unbranched alkanes of at least 4 members (excludes halogenated alkanes) is 4. The third kappa shape index (κ3) is 16.2. The van der Waals surface area contributed by atoms with Crippen LogP contribution in [0.15, 0.2) is 109 Å². The minimum absolute atomic E-state index is 0.0423. The van der Waals surface area contributed by atoms with Crippen molar-refractivity contribution in [3.8, 4) is 11.5 Å². The van der Waals surface area contributed by atoms with E-state index in [9.17, 15) is 49.6 Å². The molecule has 2 N–H and O–H groups in total. The molecule has 16 heteroatoms. The number of nitrogens with zero attached hydrogens (tertiary/aromatic N) is 2. The average molecular weight is 895 g/mol. The van der Waals surface area contributed by atoms with Gasteiger partial charge in [0.15, 0.2) is 5.78 Å². The zero-order chi connectivity index (χ0) is 47.2. The molecule has 344 valence electrons. The largest absolute Gasteiger partial charge is 0.494 e. The Morgan fingerprint density at radius 1 is 0.569 bits per heavy atom. The van der Waals surface area contributed by atoms with E-state index in [2.05, 4.69) is 9.47 Å². The molecule has 0 radical (unpaired) electrons. The number of nitro benzene ring substituents is 2. The summed E-state index contributed by atoms with van der Waals surface area (Å²) in [7, 11) is 2.58. The third-order valence-corrected chi connectivity index (χ3v) is 10.7. The van der Waals surface area contributed by atoms with Crippen molar-refractivity contribution >= 4 is 47.0 Å². The molecule has 0 heterocycles. The molecule has 0 unspecified atom stereocenters. The molecule has 0 amide bonds. The first-order valence-corrected chi connectivity index (χ1v) is 21.1. The predicted molar refractivity (Wildman–Crippen MR) is 241 cm³/mol. The number of ether oxygens (including phenoxy) is 4. The monoisotopic (exact) mass is 894 g/mol. The Morgan fingerprint density at radius 2 is 0.969 bits per heavy atom. The second-order valence-corrected chi connectivity index (χ2v) is 15.5. The lowest BCUT2D eigenvalue weighted by Gasteiger charge is -2.43. The van der Waals surface area contributed by atoms with Crippen LogP contribution in [0.3, 0.4) is 0 Å². The van der Waals surface area contributed by atoms with E-state index in [0.29, 0.717) is 67.9 Å². The predicted octanol–water partition coefficient (Wildman–Crippen LogP) is 8.14. The van der Waals surface area contributed by atoms with Gasteiger partial charge in [0.05, 0.1) is 37.3 Å². The standard InChI is InChI=1S/C49H54N2O14/c1-62-46(54)29-19-36-15-25-43(26-16-36)64-31-7-3-5-9-42(52)35-48(33-38-11-21-40(22-12-38)50(58)59,34-39-13-23-41(24-14-39)51(60)61)49(56,57)45(53)10-6-4-8-32-65-44-27-17-37(18-28-44)20-30-47(55)63-2/h11-30,56-57H,3-10,31-35H2,1-2H3/b29-19+,30-20+. The normalized spacial score (nSPS) is 11.6. The number of methoxy groups -OCH3 is 2. The van der Waals surface area contributed by atoms with Crippen LogP contribution in [0.5, 0.6) is 11.5 Å². The lowest BCUT2D eigenvalue weighted by atomic mass is 9.65. The summed E-state index contributed by atoms with van der Waals surface area (Å²) in [6.07, 6.45) is 7.58. The molecule has 0 fully saturated rings. The van der Waals surface area contributed by atoms with Gasteiger partial charge in [-0.25, -0.2) is 9.59 Å². The van der Waals surface area contributed by atoms with Crippen molar-refractivity contribution in [2.24, 2.45) is 5.41 Å². The van der Waals surface area contributed by atoms with Crippen LogP contribution < -0.4 is 9.47 Å². The number of nitro groups is 2. The zero-order valence-corrected chi connectivity index (χ0v) is 36.4. The van der Waals surface area contributed by atoms with Crippen LogP contribution in [0.25, 0.3) is 12.2 Å². The highest BCUT2D eigenvalue weighted by atomic mass is 16.6. The minimum Gasteiger partial charge on any atom is -0.494 e. The van der Waals surface area contributed by atoms with E-state index in [0.717, 1.165) is 11.1 Å². The number of non-ortho nitro benzene ring substituents is 2. The molecular formula is C49H54N2O14. The molecule has 0 atom stereocenters.